The fourth-order valence-corrected chi connectivity index (χ4v) is 5.68. The van der Waals surface area contributed by atoms with Gasteiger partial charge in [0, 0.05) is 50.6 Å². The number of hydrogen-bond donors (Lipinski definition) is 6. The third-order valence-corrected chi connectivity index (χ3v) is 8.55. The maximum Gasteiger partial charge on any atom is 0.319 e. The molecule has 0 aromatic heterocycles. The molecule has 6 aromatic rings. The fourth-order valence-electron chi connectivity index (χ4n) is 5.68. The largest absolute Gasteiger partial charge is 0.334 e. The van der Waals surface area contributed by atoms with Crippen molar-refractivity contribution in [3.63, 3.8) is 0 Å². The van der Waals surface area contributed by atoms with Gasteiger partial charge in [-0.2, -0.15) is 0 Å². The number of urea groups is 2. The number of amides is 4. The molecule has 0 radical (unpaired) electrons. The van der Waals surface area contributed by atoms with Crippen molar-refractivity contribution in [1.29, 1.82) is 0 Å². The third kappa shape index (κ3) is 11.4. The highest BCUT2D eigenvalue weighted by Crippen LogP contribution is 2.23. The molecule has 52 heavy (non-hydrogen) atoms. The SMILES string of the molecule is O=C(NCc1ccccc1)Nc1ccc(CNCc2ccc(-c3cccc(NC(=O)NCc4ccc(CNCc5ccccc5)cc4)c3)cc2)cc1. The van der Waals surface area contributed by atoms with Crippen molar-refractivity contribution in [1.82, 2.24) is 21.3 Å². The Morgan fingerprint density at radius 3 is 1.27 bits per heavy atom. The molecule has 0 unspecified atom stereocenters. The van der Waals surface area contributed by atoms with Crippen LogP contribution in [-0.2, 0) is 39.3 Å². The Morgan fingerprint density at radius 1 is 0.346 bits per heavy atom. The lowest BCUT2D eigenvalue weighted by molar-refractivity contribution is 0.251. The molecule has 0 bridgehead atoms. The summed E-state index contributed by atoms with van der Waals surface area (Å²) < 4.78 is 0. The van der Waals surface area contributed by atoms with Gasteiger partial charge in [0.2, 0.25) is 0 Å². The average Bonchev–Trinajstić information content (AvgIpc) is 3.19. The van der Waals surface area contributed by atoms with Gasteiger partial charge in [-0.05, 0) is 68.8 Å². The highest BCUT2D eigenvalue weighted by atomic mass is 16.2. The molecule has 0 saturated carbocycles. The second-order valence-electron chi connectivity index (χ2n) is 12.6. The van der Waals surface area contributed by atoms with Gasteiger partial charge in [0.05, 0.1) is 0 Å². The second-order valence-corrected chi connectivity index (χ2v) is 12.6. The predicted octanol–water partition coefficient (Wildman–Crippen LogP) is 8.58. The number of hydrogen-bond acceptors (Lipinski definition) is 4. The summed E-state index contributed by atoms with van der Waals surface area (Å²) in [5.74, 6) is 0. The first-order valence-corrected chi connectivity index (χ1v) is 17.5. The Balaban J connectivity index is 0.895. The standard InChI is InChI=1S/C44H44N6O2/c51-43(47-31-34-10-5-2-6-11-34)49-41-24-20-37(21-25-41)30-46-29-36-18-22-39(23-19-36)40-12-7-13-42(26-40)50-44(52)48-32-38-16-14-35(15-17-38)28-45-27-33-8-3-1-4-9-33/h1-26,45-46H,27-32H2,(H2,47,49,51)(H2,48,50,52). The first kappa shape index (κ1) is 35.6. The minimum Gasteiger partial charge on any atom is -0.334 e. The van der Waals surface area contributed by atoms with Crippen molar-refractivity contribution >= 4 is 23.4 Å². The lowest BCUT2D eigenvalue weighted by atomic mass is 10.0. The molecule has 4 amide bonds. The zero-order chi connectivity index (χ0) is 35.8. The van der Waals surface area contributed by atoms with Crippen LogP contribution in [0.2, 0.25) is 0 Å². The van der Waals surface area contributed by atoms with Crippen LogP contribution in [0, 0.1) is 0 Å². The van der Waals surface area contributed by atoms with Crippen molar-refractivity contribution in [3.8, 4) is 11.1 Å². The van der Waals surface area contributed by atoms with Crippen LogP contribution in [0.25, 0.3) is 11.1 Å². The van der Waals surface area contributed by atoms with Gasteiger partial charge in [-0.25, -0.2) is 9.59 Å². The van der Waals surface area contributed by atoms with Crippen molar-refractivity contribution in [3.05, 3.63) is 191 Å². The highest BCUT2D eigenvalue weighted by Gasteiger charge is 2.06. The number of rotatable bonds is 15. The lowest BCUT2D eigenvalue weighted by Crippen LogP contribution is -2.28. The van der Waals surface area contributed by atoms with Crippen molar-refractivity contribution < 1.29 is 9.59 Å². The first-order valence-electron chi connectivity index (χ1n) is 17.5. The smallest absolute Gasteiger partial charge is 0.319 e. The minimum atomic E-state index is -0.248. The molecule has 8 nitrogen and oxygen atoms in total. The molecule has 0 fully saturated rings. The maximum atomic E-state index is 12.7. The van der Waals surface area contributed by atoms with Crippen LogP contribution in [0.15, 0.2) is 158 Å². The van der Waals surface area contributed by atoms with E-state index >= 15 is 0 Å². The van der Waals surface area contributed by atoms with Crippen LogP contribution in [0.5, 0.6) is 0 Å². The van der Waals surface area contributed by atoms with Gasteiger partial charge in [-0.1, -0.05) is 133 Å². The van der Waals surface area contributed by atoms with E-state index in [1.165, 1.54) is 16.7 Å². The van der Waals surface area contributed by atoms with Gasteiger partial charge >= 0.3 is 12.1 Å². The number of anilines is 2. The molecule has 0 saturated heterocycles. The van der Waals surface area contributed by atoms with Gasteiger partial charge in [0.15, 0.2) is 0 Å². The topological polar surface area (TPSA) is 106 Å². The molecule has 0 heterocycles. The zero-order valence-corrected chi connectivity index (χ0v) is 29.1. The normalized spacial score (nSPS) is 10.7. The number of carbonyl (C=O) groups is 2. The predicted molar refractivity (Wildman–Crippen MR) is 210 cm³/mol. The van der Waals surface area contributed by atoms with E-state index in [2.05, 4.69) is 80.4 Å². The highest BCUT2D eigenvalue weighted by molar-refractivity contribution is 5.90. The second kappa shape index (κ2) is 18.7. The van der Waals surface area contributed by atoms with Crippen LogP contribution >= 0.6 is 0 Å². The quantitative estimate of drug-likeness (QED) is 0.0650. The van der Waals surface area contributed by atoms with Crippen LogP contribution in [0.4, 0.5) is 21.0 Å². The van der Waals surface area contributed by atoms with E-state index in [-0.39, 0.29) is 12.1 Å². The molecule has 8 heteroatoms. The molecule has 6 rings (SSSR count). The third-order valence-electron chi connectivity index (χ3n) is 8.55. The maximum absolute atomic E-state index is 12.7. The van der Waals surface area contributed by atoms with Gasteiger partial charge in [-0.3, -0.25) is 0 Å². The van der Waals surface area contributed by atoms with Crippen molar-refractivity contribution in [2.24, 2.45) is 0 Å². The van der Waals surface area contributed by atoms with Gasteiger partial charge in [0.25, 0.3) is 0 Å². The summed E-state index contributed by atoms with van der Waals surface area (Å²) in [6.45, 7) is 3.95. The van der Waals surface area contributed by atoms with E-state index in [4.69, 9.17) is 0 Å². The molecular formula is C44H44N6O2. The summed E-state index contributed by atoms with van der Waals surface area (Å²) in [5, 5.41) is 18.6. The van der Waals surface area contributed by atoms with E-state index in [9.17, 15) is 9.59 Å². The summed E-state index contributed by atoms with van der Waals surface area (Å²) >= 11 is 0. The van der Waals surface area contributed by atoms with Crippen molar-refractivity contribution in [2.75, 3.05) is 10.6 Å². The molecule has 0 aliphatic carbocycles. The zero-order valence-electron chi connectivity index (χ0n) is 29.1. The van der Waals surface area contributed by atoms with Crippen LogP contribution in [0.3, 0.4) is 0 Å². The van der Waals surface area contributed by atoms with E-state index < -0.39 is 0 Å². The monoisotopic (exact) mass is 688 g/mol. The van der Waals surface area contributed by atoms with Crippen LogP contribution in [0.1, 0.15) is 33.4 Å². The summed E-state index contributed by atoms with van der Waals surface area (Å²) in [6, 6.07) is 52.1. The Kier molecular flexibility index (Phi) is 12.8. The number of nitrogens with one attached hydrogen (secondary N) is 6. The van der Waals surface area contributed by atoms with E-state index in [0.29, 0.717) is 19.6 Å². The van der Waals surface area contributed by atoms with Crippen molar-refractivity contribution in [2.45, 2.75) is 39.3 Å². The summed E-state index contributed by atoms with van der Waals surface area (Å²) in [4.78, 5) is 24.9. The molecule has 6 N–H and O–H groups in total. The molecule has 6 aromatic carbocycles. The van der Waals surface area contributed by atoms with E-state index in [0.717, 1.165) is 58.8 Å². The summed E-state index contributed by atoms with van der Waals surface area (Å²) in [6.07, 6.45) is 0. The van der Waals surface area contributed by atoms with Gasteiger partial charge in [-0.15, -0.1) is 0 Å². The van der Waals surface area contributed by atoms with Crippen LogP contribution < -0.4 is 31.9 Å². The molecular weight excluding hydrogens is 645 g/mol. The Hall–Kier alpha value is -6.22. The number of carbonyl (C=O) groups excluding carboxylic acids is 2. The molecule has 0 spiro atoms. The molecule has 262 valence electrons. The summed E-state index contributed by atoms with van der Waals surface area (Å²) in [7, 11) is 0. The average molecular weight is 689 g/mol. The van der Waals surface area contributed by atoms with E-state index in [1.807, 2.05) is 109 Å². The van der Waals surface area contributed by atoms with Gasteiger partial charge in [0.1, 0.15) is 0 Å². The Labute approximate surface area is 305 Å². The first-order chi connectivity index (χ1) is 25.6. The minimum absolute atomic E-state index is 0.233. The molecule has 0 aliphatic heterocycles. The Bertz CT molecular complexity index is 2000. The van der Waals surface area contributed by atoms with E-state index in [1.54, 1.807) is 0 Å². The van der Waals surface area contributed by atoms with Crippen LogP contribution in [-0.4, -0.2) is 12.1 Å². The Morgan fingerprint density at radius 2 is 0.750 bits per heavy atom. The molecule has 0 atom stereocenters. The fraction of sp³-hybridized carbons (Fsp3) is 0.136. The number of benzene rings is 6. The lowest BCUT2D eigenvalue weighted by Gasteiger charge is -2.11. The summed E-state index contributed by atoms with van der Waals surface area (Å²) in [5.41, 5.74) is 10.4. The molecule has 0 aliphatic rings. The van der Waals surface area contributed by atoms with Gasteiger partial charge < -0.3 is 31.9 Å².